The van der Waals surface area contributed by atoms with Crippen LogP contribution < -0.4 is 4.74 Å². The van der Waals surface area contributed by atoms with Gasteiger partial charge in [0.1, 0.15) is 5.75 Å². The lowest BCUT2D eigenvalue weighted by atomic mass is 10.0. The molecule has 0 saturated heterocycles. The Labute approximate surface area is 104 Å². The number of aliphatic carboxylic acids is 1. The van der Waals surface area contributed by atoms with Crippen LogP contribution in [0.1, 0.15) is 24.0 Å². The lowest BCUT2D eigenvalue weighted by Gasteiger charge is -2.11. The molecule has 0 unspecified atom stereocenters. The Hall–Kier alpha value is -1.03. The number of carboxylic acid groups (broad SMARTS) is 1. The SMILES string of the molecule is COc1c(C)cc(Br)cc1CCCC(=O)O. The van der Waals surface area contributed by atoms with E-state index in [1.807, 2.05) is 19.1 Å². The van der Waals surface area contributed by atoms with E-state index in [2.05, 4.69) is 15.9 Å². The fraction of sp³-hybridized carbons (Fsp3) is 0.417. The predicted octanol–water partition coefficient (Wildman–Crippen LogP) is 3.17. The van der Waals surface area contributed by atoms with E-state index in [0.717, 1.165) is 27.8 Å². The van der Waals surface area contributed by atoms with Crippen molar-refractivity contribution in [2.45, 2.75) is 26.2 Å². The number of rotatable bonds is 5. The van der Waals surface area contributed by atoms with Crippen LogP contribution in [0.15, 0.2) is 16.6 Å². The van der Waals surface area contributed by atoms with Crippen molar-refractivity contribution in [1.29, 1.82) is 0 Å². The molecule has 4 heteroatoms. The Kier molecular flexibility index (Phi) is 4.80. The maximum Gasteiger partial charge on any atom is 0.303 e. The summed E-state index contributed by atoms with van der Waals surface area (Å²) in [4.78, 5) is 10.4. The first-order valence-electron chi connectivity index (χ1n) is 5.09. The molecule has 0 radical (unpaired) electrons. The van der Waals surface area contributed by atoms with E-state index in [0.29, 0.717) is 6.42 Å². The number of benzene rings is 1. The molecule has 0 saturated carbocycles. The van der Waals surface area contributed by atoms with Gasteiger partial charge in [0.25, 0.3) is 0 Å². The Bertz CT molecular complexity index is 388. The third-order valence-electron chi connectivity index (χ3n) is 2.36. The van der Waals surface area contributed by atoms with Gasteiger partial charge < -0.3 is 9.84 Å². The number of carboxylic acids is 1. The molecule has 16 heavy (non-hydrogen) atoms. The molecular weight excluding hydrogens is 272 g/mol. The maximum absolute atomic E-state index is 10.4. The summed E-state index contributed by atoms with van der Waals surface area (Å²) in [6, 6.07) is 3.97. The Balaban J connectivity index is 2.81. The summed E-state index contributed by atoms with van der Waals surface area (Å²) >= 11 is 3.43. The van der Waals surface area contributed by atoms with Crippen molar-refractivity contribution in [3.63, 3.8) is 0 Å². The van der Waals surface area contributed by atoms with Crippen molar-refractivity contribution in [3.8, 4) is 5.75 Å². The second-order valence-corrected chi connectivity index (χ2v) is 4.58. The van der Waals surface area contributed by atoms with Crippen LogP contribution in [-0.2, 0) is 11.2 Å². The summed E-state index contributed by atoms with van der Waals surface area (Å²) in [6.45, 7) is 1.98. The summed E-state index contributed by atoms with van der Waals surface area (Å²) in [6.07, 6.45) is 1.53. The smallest absolute Gasteiger partial charge is 0.303 e. The number of hydrogen-bond donors (Lipinski definition) is 1. The molecule has 3 nitrogen and oxygen atoms in total. The van der Waals surface area contributed by atoms with Gasteiger partial charge in [0.15, 0.2) is 0 Å². The minimum absolute atomic E-state index is 0.189. The molecule has 1 rings (SSSR count). The molecule has 0 fully saturated rings. The second-order valence-electron chi connectivity index (χ2n) is 3.66. The fourth-order valence-electron chi connectivity index (χ4n) is 1.71. The van der Waals surface area contributed by atoms with Gasteiger partial charge >= 0.3 is 5.97 Å². The standard InChI is InChI=1S/C12H15BrO3/c1-8-6-10(13)7-9(12(8)16-2)4-3-5-11(14)15/h6-7H,3-5H2,1-2H3,(H,14,15). The topological polar surface area (TPSA) is 46.5 Å². The van der Waals surface area contributed by atoms with Crippen LogP contribution in [0.25, 0.3) is 0 Å². The molecule has 0 aliphatic rings. The number of hydrogen-bond acceptors (Lipinski definition) is 2. The van der Waals surface area contributed by atoms with Gasteiger partial charge in [0.2, 0.25) is 0 Å². The minimum Gasteiger partial charge on any atom is -0.496 e. The molecule has 0 spiro atoms. The lowest BCUT2D eigenvalue weighted by molar-refractivity contribution is -0.137. The largest absolute Gasteiger partial charge is 0.496 e. The van der Waals surface area contributed by atoms with Crippen LogP contribution in [0, 0.1) is 6.92 Å². The van der Waals surface area contributed by atoms with Gasteiger partial charge in [-0.15, -0.1) is 0 Å². The van der Waals surface area contributed by atoms with Crippen LogP contribution in [0.3, 0.4) is 0 Å². The lowest BCUT2D eigenvalue weighted by Crippen LogP contribution is -1.99. The highest BCUT2D eigenvalue weighted by Gasteiger charge is 2.08. The van der Waals surface area contributed by atoms with Gasteiger partial charge in [-0.1, -0.05) is 15.9 Å². The Morgan fingerprint density at radius 1 is 1.50 bits per heavy atom. The van der Waals surface area contributed by atoms with Crippen molar-refractivity contribution >= 4 is 21.9 Å². The number of carbonyl (C=O) groups is 1. The normalized spacial score (nSPS) is 10.2. The first-order valence-corrected chi connectivity index (χ1v) is 5.88. The highest BCUT2D eigenvalue weighted by molar-refractivity contribution is 9.10. The van der Waals surface area contributed by atoms with Crippen molar-refractivity contribution in [2.75, 3.05) is 7.11 Å². The van der Waals surface area contributed by atoms with E-state index in [-0.39, 0.29) is 6.42 Å². The molecule has 1 aromatic carbocycles. The van der Waals surface area contributed by atoms with Crippen LogP contribution in [0.5, 0.6) is 5.75 Å². The zero-order valence-corrected chi connectivity index (χ0v) is 11.0. The van der Waals surface area contributed by atoms with Crippen LogP contribution >= 0.6 is 15.9 Å². The summed E-state index contributed by atoms with van der Waals surface area (Å²) in [5, 5.41) is 8.59. The number of ether oxygens (including phenoxy) is 1. The van der Waals surface area contributed by atoms with Crippen molar-refractivity contribution in [1.82, 2.24) is 0 Å². The maximum atomic E-state index is 10.4. The van der Waals surface area contributed by atoms with Crippen molar-refractivity contribution < 1.29 is 14.6 Å². The second kappa shape index (κ2) is 5.89. The van der Waals surface area contributed by atoms with E-state index < -0.39 is 5.97 Å². The van der Waals surface area contributed by atoms with E-state index in [4.69, 9.17) is 9.84 Å². The van der Waals surface area contributed by atoms with Gasteiger partial charge in [-0.25, -0.2) is 0 Å². The Morgan fingerprint density at radius 2 is 2.19 bits per heavy atom. The van der Waals surface area contributed by atoms with Crippen LogP contribution in [0.2, 0.25) is 0 Å². The third kappa shape index (κ3) is 3.52. The third-order valence-corrected chi connectivity index (χ3v) is 2.82. The minimum atomic E-state index is -0.759. The average molecular weight is 287 g/mol. The first kappa shape index (κ1) is 13.0. The Morgan fingerprint density at radius 3 is 2.75 bits per heavy atom. The molecule has 0 aromatic heterocycles. The summed E-state index contributed by atoms with van der Waals surface area (Å²) in [5.74, 6) is 0.0966. The summed E-state index contributed by atoms with van der Waals surface area (Å²) in [7, 11) is 1.64. The molecule has 0 amide bonds. The molecule has 1 aromatic rings. The molecule has 0 atom stereocenters. The van der Waals surface area contributed by atoms with Crippen LogP contribution in [-0.4, -0.2) is 18.2 Å². The summed E-state index contributed by atoms with van der Waals surface area (Å²) in [5.41, 5.74) is 2.11. The highest BCUT2D eigenvalue weighted by atomic mass is 79.9. The fourth-order valence-corrected chi connectivity index (χ4v) is 2.33. The van der Waals surface area contributed by atoms with E-state index in [1.54, 1.807) is 7.11 Å². The highest BCUT2D eigenvalue weighted by Crippen LogP contribution is 2.28. The summed E-state index contributed by atoms with van der Waals surface area (Å²) < 4.78 is 6.32. The monoisotopic (exact) mass is 286 g/mol. The quantitative estimate of drug-likeness (QED) is 0.904. The molecule has 1 N–H and O–H groups in total. The van der Waals surface area contributed by atoms with E-state index in [1.165, 1.54) is 0 Å². The van der Waals surface area contributed by atoms with E-state index >= 15 is 0 Å². The van der Waals surface area contributed by atoms with Gasteiger partial charge in [-0.05, 0) is 43.0 Å². The predicted molar refractivity (Wildman–Crippen MR) is 66.0 cm³/mol. The van der Waals surface area contributed by atoms with E-state index in [9.17, 15) is 4.79 Å². The van der Waals surface area contributed by atoms with Crippen LogP contribution in [0.4, 0.5) is 0 Å². The zero-order chi connectivity index (χ0) is 12.1. The average Bonchev–Trinajstić information content (AvgIpc) is 2.16. The molecular formula is C12H15BrO3. The van der Waals surface area contributed by atoms with Gasteiger partial charge in [0.05, 0.1) is 7.11 Å². The number of halogens is 1. The molecule has 0 bridgehead atoms. The molecule has 0 aliphatic heterocycles. The van der Waals surface area contributed by atoms with Crippen molar-refractivity contribution in [2.24, 2.45) is 0 Å². The number of methoxy groups -OCH3 is 1. The van der Waals surface area contributed by atoms with Gasteiger partial charge in [0, 0.05) is 10.9 Å². The first-order chi connectivity index (χ1) is 7.54. The van der Waals surface area contributed by atoms with Gasteiger partial charge in [-0.2, -0.15) is 0 Å². The zero-order valence-electron chi connectivity index (χ0n) is 9.42. The molecule has 88 valence electrons. The van der Waals surface area contributed by atoms with Crippen molar-refractivity contribution in [3.05, 3.63) is 27.7 Å². The number of aryl methyl sites for hydroxylation is 2. The van der Waals surface area contributed by atoms with Gasteiger partial charge in [-0.3, -0.25) is 4.79 Å². The molecule has 0 aliphatic carbocycles. The molecule has 0 heterocycles.